The van der Waals surface area contributed by atoms with Crippen LogP contribution in [0.2, 0.25) is 0 Å². The standard InChI is InChI=1S/C30H61FO3S.C8H20N/c1-3-5-7-9-11-13-14-15-16-17-18-19-21-23-25-27-29-30(31,35(32,33)34)28-26-24-22-20-12-10-8-6-4-2;1-5-9(6-2,7-3)8-4/h3-29H2,1-2H3,(H,32,33,34);5-8H2,1-4H3/q;+1/p-1. The van der Waals surface area contributed by atoms with Crippen LogP contribution in [-0.2, 0) is 10.1 Å². The van der Waals surface area contributed by atoms with Crippen molar-refractivity contribution in [1.82, 2.24) is 0 Å². The Morgan fingerprint density at radius 2 is 0.636 bits per heavy atom. The van der Waals surface area contributed by atoms with Crippen LogP contribution in [0.5, 0.6) is 0 Å². The van der Waals surface area contributed by atoms with Gasteiger partial charge in [0.2, 0.25) is 0 Å². The second-order valence-corrected chi connectivity index (χ2v) is 15.2. The molecule has 0 rings (SSSR count). The van der Waals surface area contributed by atoms with Gasteiger partial charge in [-0.2, -0.15) is 0 Å². The quantitative estimate of drug-likeness (QED) is 0.0414. The van der Waals surface area contributed by atoms with Crippen molar-refractivity contribution in [1.29, 1.82) is 0 Å². The predicted molar refractivity (Wildman–Crippen MR) is 192 cm³/mol. The van der Waals surface area contributed by atoms with E-state index in [0.29, 0.717) is 12.8 Å². The van der Waals surface area contributed by atoms with E-state index in [1.165, 1.54) is 140 Å². The average molecular weight is 650 g/mol. The summed E-state index contributed by atoms with van der Waals surface area (Å²) < 4.78 is 51.0. The Morgan fingerprint density at radius 3 is 0.795 bits per heavy atom. The fourth-order valence-electron chi connectivity index (χ4n) is 6.35. The number of halogens is 1. The van der Waals surface area contributed by atoms with E-state index in [2.05, 4.69) is 41.5 Å². The minimum atomic E-state index is -4.91. The Morgan fingerprint density at radius 1 is 0.432 bits per heavy atom. The van der Waals surface area contributed by atoms with Crippen molar-refractivity contribution in [3.05, 3.63) is 0 Å². The van der Waals surface area contributed by atoms with E-state index in [9.17, 15) is 17.4 Å². The lowest BCUT2D eigenvalue weighted by molar-refractivity contribution is -0.921. The van der Waals surface area contributed by atoms with Crippen molar-refractivity contribution in [3.8, 4) is 0 Å². The fraction of sp³-hybridized carbons (Fsp3) is 1.00. The molecule has 0 spiro atoms. The fourth-order valence-corrected chi connectivity index (χ4v) is 7.14. The molecule has 0 aliphatic rings. The summed E-state index contributed by atoms with van der Waals surface area (Å²) in [7, 11) is -4.91. The van der Waals surface area contributed by atoms with Crippen LogP contribution < -0.4 is 0 Å². The van der Waals surface area contributed by atoms with Gasteiger partial charge in [-0.3, -0.25) is 0 Å². The first-order valence-corrected chi connectivity index (χ1v) is 21.0. The molecule has 0 saturated heterocycles. The van der Waals surface area contributed by atoms with Gasteiger partial charge in [0.1, 0.15) is 10.1 Å². The van der Waals surface area contributed by atoms with Crippen molar-refractivity contribution in [2.45, 2.75) is 220 Å². The van der Waals surface area contributed by atoms with Crippen LogP contribution in [0.25, 0.3) is 0 Å². The Labute approximate surface area is 277 Å². The maximum absolute atomic E-state index is 15.0. The molecular weight excluding hydrogens is 569 g/mol. The molecule has 0 N–H and O–H groups in total. The normalized spacial score (nSPS) is 13.5. The van der Waals surface area contributed by atoms with E-state index in [0.717, 1.165) is 38.5 Å². The first-order chi connectivity index (χ1) is 21.1. The third-order valence-electron chi connectivity index (χ3n) is 10.2. The maximum atomic E-state index is 15.0. The average Bonchev–Trinajstić information content (AvgIpc) is 3.01. The van der Waals surface area contributed by atoms with Gasteiger partial charge in [0.05, 0.1) is 26.2 Å². The monoisotopic (exact) mass is 650 g/mol. The highest BCUT2D eigenvalue weighted by molar-refractivity contribution is 7.87. The second kappa shape index (κ2) is 31.4. The summed E-state index contributed by atoms with van der Waals surface area (Å²) in [6, 6.07) is 0. The molecule has 0 aromatic rings. The van der Waals surface area contributed by atoms with Gasteiger partial charge < -0.3 is 9.04 Å². The Bertz CT molecular complexity index is 666. The minimum absolute atomic E-state index is 0.131. The number of nitrogens with zero attached hydrogens (tertiary/aromatic N) is 1. The van der Waals surface area contributed by atoms with Crippen molar-refractivity contribution >= 4 is 10.1 Å². The molecule has 6 heteroatoms. The van der Waals surface area contributed by atoms with Crippen molar-refractivity contribution in [2.75, 3.05) is 26.2 Å². The Balaban J connectivity index is 0. The molecule has 0 aromatic heterocycles. The topological polar surface area (TPSA) is 57.2 Å². The summed E-state index contributed by atoms with van der Waals surface area (Å²) >= 11 is 0. The molecule has 0 aromatic carbocycles. The first-order valence-electron chi connectivity index (χ1n) is 19.6. The third-order valence-corrected chi connectivity index (χ3v) is 11.5. The van der Waals surface area contributed by atoms with Gasteiger partial charge in [-0.05, 0) is 53.4 Å². The van der Waals surface area contributed by atoms with E-state index in [-0.39, 0.29) is 12.8 Å². The molecule has 0 aliphatic heterocycles. The van der Waals surface area contributed by atoms with Gasteiger partial charge in [0.25, 0.3) is 0 Å². The van der Waals surface area contributed by atoms with Gasteiger partial charge in [0.15, 0.2) is 5.00 Å². The molecule has 44 heavy (non-hydrogen) atoms. The molecule has 1 unspecified atom stereocenters. The maximum Gasteiger partial charge on any atom is 0.199 e. The van der Waals surface area contributed by atoms with Gasteiger partial charge in [-0.15, -0.1) is 0 Å². The number of quaternary nitrogens is 1. The van der Waals surface area contributed by atoms with Crippen LogP contribution in [0.4, 0.5) is 4.39 Å². The smallest absolute Gasteiger partial charge is 0.199 e. The number of unbranched alkanes of at least 4 members (excludes halogenated alkanes) is 23. The molecule has 1 atom stereocenters. The molecular formula is C38H80FNO3S. The van der Waals surface area contributed by atoms with Crippen molar-refractivity contribution in [3.63, 3.8) is 0 Å². The number of hydrogen-bond donors (Lipinski definition) is 0. The summed E-state index contributed by atoms with van der Waals surface area (Å²) in [6.45, 7) is 18.7. The molecule has 0 radical (unpaired) electrons. The Hall–Kier alpha value is -0.200. The number of rotatable bonds is 32. The zero-order valence-electron chi connectivity index (χ0n) is 30.9. The SMILES string of the molecule is CCCCCCCCCCCCCCCCCCC(F)(CCCCCCCCCCC)S(=O)(=O)[O-].CC[N+](CC)(CC)CC. The van der Waals surface area contributed by atoms with E-state index < -0.39 is 15.1 Å². The van der Waals surface area contributed by atoms with Crippen LogP contribution in [0.3, 0.4) is 0 Å². The lowest BCUT2D eigenvalue weighted by Crippen LogP contribution is -2.47. The summed E-state index contributed by atoms with van der Waals surface area (Å²) in [4.78, 5) is 0. The zero-order valence-corrected chi connectivity index (χ0v) is 31.7. The summed E-state index contributed by atoms with van der Waals surface area (Å²) in [6.07, 6.45) is 28.9. The highest BCUT2D eigenvalue weighted by Gasteiger charge is 2.36. The van der Waals surface area contributed by atoms with E-state index >= 15 is 0 Å². The van der Waals surface area contributed by atoms with Gasteiger partial charge in [-0.25, -0.2) is 12.8 Å². The van der Waals surface area contributed by atoms with Crippen LogP contribution in [0, 0.1) is 0 Å². The lowest BCUT2D eigenvalue weighted by atomic mass is 10.0. The highest BCUT2D eigenvalue weighted by Crippen LogP contribution is 2.32. The summed E-state index contributed by atoms with van der Waals surface area (Å²) in [5, 5.41) is -2.57. The molecule has 0 heterocycles. The van der Waals surface area contributed by atoms with E-state index in [1.807, 2.05) is 0 Å². The lowest BCUT2D eigenvalue weighted by Gasteiger charge is -2.34. The molecule has 0 amide bonds. The Kier molecular flexibility index (Phi) is 32.8. The highest BCUT2D eigenvalue weighted by atomic mass is 32.2. The minimum Gasteiger partial charge on any atom is -0.745 e. The first kappa shape index (κ1) is 45.9. The van der Waals surface area contributed by atoms with Gasteiger partial charge in [-0.1, -0.05) is 162 Å². The third kappa shape index (κ3) is 25.9. The molecule has 0 bridgehead atoms. The summed E-state index contributed by atoms with van der Waals surface area (Å²) in [5.74, 6) is 0. The number of hydrogen-bond acceptors (Lipinski definition) is 3. The molecule has 0 saturated carbocycles. The molecule has 0 fully saturated rings. The molecule has 268 valence electrons. The van der Waals surface area contributed by atoms with E-state index in [1.54, 1.807) is 0 Å². The zero-order chi connectivity index (χ0) is 33.4. The van der Waals surface area contributed by atoms with Gasteiger partial charge in [0, 0.05) is 0 Å². The molecule has 4 nitrogen and oxygen atoms in total. The van der Waals surface area contributed by atoms with Crippen LogP contribution in [0.1, 0.15) is 215 Å². The number of alkyl halides is 1. The van der Waals surface area contributed by atoms with E-state index in [4.69, 9.17) is 0 Å². The van der Waals surface area contributed by atoms with Crippen molar-refractivity contribution in [2.24, 2.45) is 0 Å². The van der Waals surface area contributed by atoms with Crippen LogP contribution in [-0.4, -0.2) is 48.6 Å². The largest absolute Gasteiger partial charge is 0.745 e. The summed E-state index contributed by atoms with van der Waals surface area (Å²) in [5.41, 5.74) is 0. The predicted octanol–water partition coefficient (Wildman–Crippen LogP) is 12.7. The second-order valence-electron chi connectivity index (χ2n) is 13.6. The van der Waals surface area contributed by atoms with Crippen molar-refractivity contribution < 1.29 is 21.8 Å². The van der Waals surface area contributed by atoms with Crippen LogP contribution >= 0.6 is 0 Å². The molecule has 0 aliphatic carbocycles. The van der Waals surface area contributed by atoms with Crippen LogP contribution in [0.15, 0.2) is 0 Å². The van der Waals surface area contributed by atoms with Gasteiger partial charge >= 0.3 is 0 Å².